The Labute approximate surface area is 147 Å². The largest absolute Gasteiger partial charge is 0.481 e. The van der Waals surface area contributed by atoms with Crippen LogP contribution in [0.1, 0.15) is 10.4 Å². The molecule has 1 aromatic heterocycles. The summed E-state index contributed by atoms with van der Waals surface area (Å²) in [5.74, 6) is 3.05. The highest BCUT2D eigenvalue weighted by Crippen LogP contribution is 2.26. The number of ether oxygens (including phenoxy) is 1. The lowest BCUT2D eigenvalue weighted by Crippen LogP contribution is -2.12. The fourth-order valence-corrected chi connectivity index (χ4v) is 2.70. The molecule has 0 aliphatic carbocycles. The van der Waals surface area contributed by atoms with Crippen molar-refractivity contribution >= 4 is 45.8 Å². The number of amides is 1. The highest BCUT2D eigenvalue weighted by atomic mass is 35.5. The Bertz CT molecular complexity index is 940. The molecule has 120 valence electrons. The molecule has 0 atom stereocenters. The zero-order valence-electron chi connectivity index (χ0n) is 12.3. The Morgan fingerprint density at radius 2 is 2.00 bits per heavy atom. The van der Waals surface area contributed by atoms with E-state index >= 15 is 0 Å². The van der Waals surface area contributed by atoms with E-state index in [1.165, 1.54) is 12.1 Å². The van der Waals surface area contributed by atoms with Gasteiger partial charge in [-0.05, 0) is 30.3 Å². The number of aromatic nitrogens is 2. The maximum Gasteiger partial charge on any atom is 0.256 e. The molecule has 0 aliphatic heterocycles. The molecule has 0 saturated heterocycles. The van der Waals surface area contributed by atoms with E-state index in [4.69, 9.17) is 34.4 Å². The minimum absolute atomic E-state index is 0.179. The van der Waals surface area contributed by atoms with Crippen LogP contribution in [0.5, 0.6) is 5.75 Å². The van der Waals surface area contributed by atoms with Crippen molar-refractivity contribution in [2.75, 3.05) is 11.9 Å². The smallest absolute Gasteiger partial charge is 0.256 e. The summed E-state index contributed by atoms with van der Waals surface area (Å²) in [6, 6.07) is 9.91. The first-order valence-electron chi connectivity index (χ1n) is 6.88. The van der Waals surface area contributed by atoms with Crippen LogP contribution >= 0.6 is 23.2 Å². The number of carbonyl (C=O) groups is 1. The number of rotatable bonds is 4. The first kappa shape index (κ1) is 16.2. The Morgan fingerprint density at radius 1 is 1.25 bits per heavy atom. The molecule has 0 radical (unpaired) electrons. The number of nitrogens with zero attached hydrogens (tertiary/aromatic N) is 1. The van der Waals surface area contributed by atoms with Crippen molar-refractivity contribution in [2.24, 2.45) is 0 Å². The van der Waals surface area contributed by atoms with Gasteiger partial charge in [-0.1, -0.05) is 29.1 Å². The molecule has 5 nitrogen and oxygen atoms in total. The zero-order chi connectivity index (χ0) is 17.1. The van der Waals surface area contributed by atoms with Gasteiger partial charge in [0, 0.05) is 27.1 Å². The molecule has 2 N–H and O–H groups in total. The lowest BCUT2D eigenvalue weighted by molar-refractivity contribution is 0.102. The molecule has 0 bridgehead atoms. The molecule has 24 heavy (non-hydrogen) atoms. The molecule has 0 aliphatic rings. The third kappa shape index (κ3) is 3.46. The van der Waals surface area contributed by atoms with Gasteiger partial charge in [-0.3, -0.25) is 9.89 Å². The Morgan fingerprint density at radius 3 is 2.71 bits per heavy atom. The number of H-pyrrole nitrogens is 1. The van der Waals surface area contributed by atoms with Crippen LogP contribution in [0.25, 0.3) is 10.9 Å². The third-order valence-corrected chi connectivity index (χ3v) is 3.65. The first-order chi connectivity index (χ1) is 11.6. The maximum atomic E-state index is 12.3. The number of aromatic amines is 1. The SMILES string of the molecule is C#CCOc1ccc2c(NC(=O)c3cc(Cl)cc(Cl)c3)n[nH]c2c1. The first-order valence-corrected chi connectivity index (χ1v) is 7.64. The molecule has 0 fully saturated rings. The molecular formula is C17H11Cl2N3O2. The number of fused-ring (bicyclic) bond motifs is 1. The summed E-state index contributed by atoms with van der Waals surface area (Å²) >= 11 is 11.8. The number of anilines is 1. The molecule has 3 aromatic rings. The van der Waals surface area contributed by atoms with Crippen molar-refractivity contribution in [3.05, 3.63) is 52.0 Å². The van der Waals surface area contributed by atoms with Crippen molar-refractivity contribution in [1.29, 1.82) is 0 Å². The van der Waals surface area contributed by atoms with Crippen molar-refractivity contribution in [3.8, 4) is 18.1 Å². The van der Waals surface area contributed by atoms with Crippen LogP contribution in [0.4, 0.5) is 5.82 Å². The molecule has 3 rings (SSSR count). The quantitative estimate of drug-likeness (QED) is 0.688. The van der Waals surface area contributed by atoms with Crippen LogP contribution in [-0.4, -0.2) is 22.7 Å². The molecule has 1 amide bonds. The monoisotopic (exact) mass is 359 g/mol. The van der Waals surface area contributed by atoms with Crippen LogP contribution in [0.2, 0.25) is 10.0 Å². The molecule has 1 heterocycles. The zero-order valence-corrected chi connectivity index (χ0v) is 13.8. The van der Waals surface area contributed by atoms with Crippen molar-refractivity contribution in [3.63, 3.8) is 0 Å². The maximum absolute atomic E-state index is 12.3. The van der Waals surface area contributed by atoms with Gasteiger partial charge < -0.3 is 10.1 Å². The van der Waals surface area contributed by atoms with E-state index in [2.05, 4.69) is 21.4 Å². The highest BCUT2D eigenvalue weighted by molar-refractivity contribution is 6.35. The Kier molecular flexibility index (Phi) is 4.61. The van der Waals surface area contributed by atoms with E-state index in [1.54, 1.807) is 24.3 Å². The van der Waals surface area contributed by atoms with Crippen LogP contribution in [0.15, 0.2) is 36.4 Å². The summed E-state index contributed by atoms with van der Waals surface area (Å²) < 4.78 is 5.35. The predicted octanol–water partition coefficient (Wildman–Crippen LogP) is 4.13. The fraction of sp³-hybridized carbons (Fsp3) is 0.0588. The molecule has 7 heteroatoms. The average Bonchev–Trinajstić information content (AvgIpc) is 2.94. The lowest BCUT2D eigenvalue weighted by Gasteiger charge is -2.05. The highest BCUT2D eigenvalue weighted by Gasteiger charge is 2.13. The van der Waals surface area contributed by atoms with Gasteiger partial charge >= 0.3 is 0 Å². The second-order valence-electron chi connectivity index (χ2n) is 4.88. The van der Waals surface area contributed by atoms with Crippen molar-refractivity contribution in [2.45, 2.75) is 0 Å². The summed E-state index contributed by atoms with van der Waals surface area (Å²) in [4.78, 5) is 12.3. The number of hydrogen-bond donors (Lipinski definition) is 2. The number of hydrogen-bond acceptors (Lipinski definition) is 3. The summed E-state index contributed by atoms with van der Waals surface area (Å²) in [6.07, 6.45) is 5.16. The number of nitrogens with one attached hydrogen (secondary N) is 2. The van der Waals surface area contributed by atoms with Gasteiger partial charge in [0.25, 0.3) is 5.91 Å². The number of halogens is 2. The summed E-state index contributed by atoms with van der Waals surface area (Å²) in [7, 11) is 0. The summed E-state index contributed by atoms with van der Waals surface area (Å²) in [5, 5.41) is 11.2. The molecule has 0 unspecified atom stereocenters. The molecule has 2 aromatic carbocycles. The van der Waals surface area contributed by atoms with E-state index in [1.807, 2.05) is 0 Å². The van der Waals surface area contributed by atoms with Crippen molar-refractivity contribution in [1.82, 2.24) is 10.2 Å². The fourth-order valence-electron chi connectivity index (χ4n) is 2.17. The number of carbonyl (C=O) groups excluding carboxylic acids is 1. The van der Waals surface area contributed by atoms with E-state index < -0.39 is 0 Å². The lowest BCUT2D eigenvalue weighted by atomic mass is 10.2. The normalized spacial score (nSPS) is 10.4. The van der Waals surface area contributed by atoms with E-state index in [-0.39, 0.29) is 12.5 Å². The van der Waals surface area contributed by atoms with Gasteiger partial charge in [0.05, 0.1) is 5.52 Å². The Balaban J connectivity index is 1.85. The van der Waals surface area contributed by atoms with Gasteiger partial charge in [-0.15, -0.1) is 6.42 Å². The van der Waals surface area contributed by atoms with E-state index in [9.17, 15) is 4.79 Å². The van der Waals surface area contributed by atoms with Crippen LogP contribution in [0.3, 0.4) is 0 Å². The van der Waals surface area contributed by atoms with Crippen molar-refractivity contribution < 1.29 is 9.53 Å². The minimum atomic E-state index is -0.361. The summed E-state index contributed by atoms with van der Waals surface area (Å²) in [6.45, 7) is 0.179. The molecular weight excluding hydrogens is 349 g/mol. The standard InChI is InChI=1S/C17H11Cl2N3O2/c1-2-5-24-13-3-4-14-15(9-13)21-22-16(14)20-17(23)10-6-11(18)8-12(19)7-10/h1,3-4,6-9H,5H2,(H2,20,21,22,23). The molecule has 0 saturated carbocycles. The average molecular weight is 360 g/mol. The van der Waals surface area contributed by atoms with Gasteiger partial charge in [-0.25, -0.2) is 0 Å². The van der Waals surface area contributed by atoms with Crippen LogP contribution in [-0.2, 0) is 0 Å². The molecule has 0 spiro atoms. The van der Waals surface area contributed by atoms with E-state index in [0.717, 1.165) is 5.39 Å². The van der Waals surface area contributed by atoms with Gasteiger partial charge in [0.1, 0.15) is 12.4 Å². The Hall–Kier alpha value is -2.68. The minimum Gasteiger partial charge on any atom is -0.481 e. The van der Waals surface area contributed by atoms with Gasteiger partial charge in [0.2, 0.25) is 0 Å². The van der Waals surface area contributed by atoms with Crippen LogP contribution in [0, 0.1) is 12.3 Å². The second-order valence-corrected chi connectivity index (χ2v) is 5.76. The predicted molar refractivity (Wildman–Crippen MR) is 94.8 cm³/mol. The van der Waals surface area contributed by atoms with Crippen LogP contribution < -0.4 is 10.1 Å². The number of terminal acetylenes is 1. The van der Waals surface area contributed by atoms with Gasteiger partial charge in [0.15, 0.2) is 5.82 Å². The second kappa shape index (κ2) is 6.83. The van der Waals surface area contributed by atoms with E-state index in [0.29, 0.717) is 32.7 Å². The summed E-state index contributed by atoms with van der Waals surface area (Å²) in [5.41, 5.74) is 1.06. The number of benzene rings is 2. The van der Waals surface area contributed by atoms with Gasteiger partial charge in [-0.2, -0.15) is 5.10 Å². The third-order valence-electron chi connectivity index (χ3n) is 3.21. The topological polar surface area (TPSA) is 67.0 Å².